The molecule has 0 aliphatic rings. The van der Waals surface area contributed by atoms with Crippen LogP contribution in [0.25, 0.3) is 0 Å². The summed E-state index contributed by atoms with van der Waals surface area (Å²) in [6, 6.07) is 0. The van der Waals surface area contributed by atoms with Gasteiger partial charge in [0.25, 0.3) is 0 Å². The summed E-state index contributed by atoms with van der Waals surface area (Å²) >= 11 is 0. The van der Waals surface area contributed by atoms with Crippen molar-refractivity contribution >= 4 is 17.9 Å². The van der Waals surface area contributed by atoms with E-state index in [-0.39, 0.29) is 37.5 Å². The topological polar surface area (TPSA) is 78.9 Å². The highest BCUT2D eigenvalue weighted by molar-refractivity contribution is 5.71. The maximum absolute atomic E-state index is 12.8. The molecular formula is C58H92O6. The molecule has 0 N–H and O–H groups in total. The van der Waals surface area contributed by atoms with E-state index in [1.54, 1.807) is 0 Å². The highest BCUT2D eigenvalue weighted by Gasteiger charge is 2.19. The molecular weight excluding hydrogens is 793 g/mol. The van der Waals surface area contributed by atoms with Crippen molar-refractivity contribution in [2.75, 3.05) is 13.2 Å². The monoisotopic (exact) mass is 885 g/mol. The second-order valence-corrected chi connectivity index (χ2v) is 16.5. The van der Waals surface area contributed by atoms with Crippen molar-refractivity contribution in [3.8, 4) is 0 Å². The molecule has 0 aliphatic carbocycles. The van der Waals surface area contributed by atoms with Crippen LogP contribution in [0.2, 0.25) is 0 Å². The summed E-state index contributed by atoms with van der Waals surface area (Å²) in [7, 11) is 0. The van der Waals surface area contributed by atoms with Crippen LogP contribution in [0.15, 0.2) is 122 Å². The van der Waals surface area contributed by atoms with Crippen molar-refractivity contribution in [1.82, 2.24) is 0 Å². The molecule has 0 rings (SSSR count). The SMILES string of the molecule is CC\C=C/C=C\C=C/C=C\C=C\C=C/CCCCCC(=O)OCC(COC(=O)CCCCCCC/C=C\CCCCC)OC(=O)CCC/C=C\C/C=C\C/C=C\CCCCCCCC. The fourth-order valence-electron chi connectivity index (χ4n) is 6.48. The molecule has 0 bridgehead atoms. The van der Waals surface area contributed by atoms with Crippen LogP contribution in [-0.2, 0) is 28.6 Å². The molecule has 0 saturated heterocycles. The predicted octanol–water partition coefficient (Wildman–Crippen LogP) is 16.9. The van der Waals surface area contributed by atoms with Crippen molar-refractivity contribution in [3.05, 3.63) is 122 Å². The maximum Gasteiger partial charge on any atom is 0.306 e. The number of hydrogen-bond donors (Lipinski definition) is 0. The molecule has 1 atom stereocenters. The van der Waals surface area contributed by atoms with Gasteiger partial charge in [0.1, 0.15) is 13.2 Å². The fourth-order valence-corrected chi connectivity index (χ4v) is 6.48. The van der Waals surface area contributed by atoms with Crippen LogP contribution in [0.4, 0.5) is 0 Å². The lowest BCUT2D eigenvalue weighted by molar-refractivity contribution is -0.167. The molecule has 0 aromatic carbocycles. The average molecular weight is 885 g/mol. The Labute approximate surface area is 392 Å². The minimum atomic E-state index is -0.829. The summed E-state index contributed by atoms with van der Waals surface area (Å²) in [5.74, 6) is -1.04. The smallest absolute Gasteiger partial charge is 0.306 e. The number of esters is 3. The molecule has 0 spiro atoms. The number of carbonyl (C=O) groups is 3. The van der Waals surface area contributed by atoms with Gasteiger partial charge in [-0.15, -0.1) is 0 Å². The van der Waals surface area contributed by atoms with Crippen LogP contribution in [0.5, 0.6) is 0 Å². The van der Waals surface area contributed by atoms with Gasteiger partial charge in [0.2, 0.25) is 0 Å². The Balaban J connectivity index is 4.59. The first-order valence-corrected chi connectivity index (χ1v) is 25.6. The van der Waals surface area contributed by atoms with Crippen LogP contribution < -0.4 is 0 Å². The lowest BCUT2D eigenvalue weighted by atomic mass is 10.1. The largest absolute Gasteiger partial charge is 0.462 e. The van der Waals surface area contributed by atoms with Crippen LogP contribution in [0.3, 0.4) is 0 Å². The lowest BCUT2D eigenvalue weighted by Crippen LogP contribution is -2.30. The zero-order valence-electron chi connectivity index (χ0n) is 41.0. The number of rotatable bonds is 44. The van der Waals surface area contributed by atoms with Crippen molar-refractivity contribution < 1.29 is 28.6 Å². The number of ether oxygens (including phenoxy) is 3. The summed E-state index contributed by atoms with van der Waals surface area (Å²) < 4.78 is 16.7. The molecule has 0 amide bonds. The standard InChI is InChI=1S/C58H92O6/c1-4-7-10-13-16-19-22-25-27-29-31-33-36-39-42-45-48-51-57(60)63-54-55(53-62-56(59)50-47-44-41-38-35-24-21-18-15-12-9-6-3)64-58(61)52-49-46-43-40-37-34-32-30-28-26-23-20-17-14-11-8-5-2/h7,10,13,16,18-19,21-22,25-29,31-34,36,40,43,55H,4-6,8-9,11-12,14-15,17,20,23-24,30,35,37-39,41-42,44-54H2,1-3H3/b10-7-,16-13-,21-18-,22-19-,27-25-,28-26-,31-29+,34-32-,36-33-,43-40-. The zero-order chi connectivity index (χ0) is 46.5. The van der Waals surface area contributed by atoms with Crippen molar-refractivity contribution in [1.29, 1.82) is 0 Å². The highest BCUT2D eigenvalue weighted by Crippen LogP contribution is 2.12. The average Bonchev–Trinajstić information content (AvgIpc) is 3.29. The second-order valence-electron chi connectivity index (χ2n) is 16.5. The Bertz CT molecular complexity index is 1390. The summed E-state index contributed by atoms with van der Waals surface area (Å²) in [5.41, 5.74) is 0. The first kappa shape index (κ1) is 59.8. The first-order chi connectivity index (χ1) is 31.5. The molecule has 0 saturated carbocycles. The molecule has 0 aromatic rings. The molecule has 6 heteroatoms. The van der Waals surface area contributed by atoms with E-state index in [1.165, 1.54) is 77.0 Å². The van der Waals surface area contributed by atoms with E-state index in [4.69, 9.17) is 14.2 Å². The molecule has 0 radical (unpaired) electrons. The minimum absolute atomic E-state index is 0.121. The van der Waals surface area contributed by atoms with Crippen LogP contribution in [-0.4, -0.2) is 37.2 Å². The normalized spacial score (nSPS) is 13.1. The molecule has 0 aromatic heterocycles. The molecule has 360 valence electrons. The van der Waals surface area contributed by atoms with E-state index >= 15 is 0 Å². The van der Waals surface area contributed by atoms with Crippen LogP contribution in [0.1, 0.15) is 207 Å². The van der Waals surface area contributed by atoms with E-state index in [0.717, 1.165) is 83.5 Å². The number of carbonyl (C=O) groups excluding carboxylic acids is 3. The molecule has 1 unspecified atom stereocenters. The van der Waals surface area contributed by atoms with Gasteiger partial charge in [0.15, 0.2) is 6.10 Å². The Morgan fingerprint density at radius 3 is 1.20 bits per heavy atom. The van der Waals surface area contributed by atoms with E-state index < -0.39 is 6.10 Å². The molecule has 6 nitrogen and oxygen atoms in total. The van der Waals surface area contributed by atoms with E-state index in [1.807, 2.05) is 60.8 Å². The fraction of sp³-hybridized carbons (Fsp3) is 0.603. The third-order valence-electron chi connectivity index (χ3n) is 10.3. The van der Waals surface area contributed by atoms with Crippen molar-refractivity contribution in [2.24, 2.45) is 0 Å². The highest BCUT2D eigenvalue weighted by atomic mass is 16.6. The predicted molar refractivity (Wildman–Crippen MR) is 274 cm³/mol. The first-order valence-electron chi connectivity index (χ1n) is 25.6. The van der Waals surface area contributed by atoms with Gasteiger partial charge in [-0.25, -0.2) is 0 Å². The van der Waals surface area contributed by atoms with Crippen LogP contribution in [0, 0.1) is 0 Å². The van der Waals surface area contributed by atoms with Gasteiger partial charge in [0, 0.05) is 19.3 Å². The van der Waals surface area contributed by atoms with Gasteiger partial charge in [-0.1, -0.05) is 213 Å². The number of allylic oxidation sites excluding steroid dienone is 20. The van der Waals surface area contributed by atoms with Gasteiger partial charge in [-0.05, 0) is 96.3 Å². The quantitative estimate of drug-likeness (QED) is 0.0199. The molecule has 64 heavy (non-hydrogen) atoms. The van der Waals surface area contributed by atoms with Gasteiger partial charge in [-0.3, -0.25) is 14.4 Å². The molecule has 0 aliphatic heterocycles. The summed E-state index contributed by atoms with van der Waals surface area (Å²) in [6.07, 6.45) is 70.4. The Morgan fingerprint density at radius 1 is 0.344 bits per heavy atom. The van der Waals surface area contributed by atoms with Gasteiger partial charge in [0.05, 0.1) is 0 Å². The van der Waals surface area contributed by atoms with Gasteiger partial charge in [-0.2, -0.15) is 0 Å². The number of unbranched alkanes of at least 4 members (excludes halogenated alkanes) is 18. The summed E-state index contributed by atoms with van der Waals surface area (Å²) in [5, 5.41) is 0. The Hall–Kier alpha value is -4.19. The van der Waals surface area contributed by atoms with E-state index in [9.17, 15) is 14.4 Å². The zero-order valence-corrected chi connectivity index (χ0v) is 41.0. The third kappa shape index (κ3) is 48.8. The Morgan fingerprint density at radius 2 is 0.688 bits per heavy atom. The van der Waals surface area contributed by atoms with Gasteiger partial charge >= 0.3 is 17.9 Å². The van der Waals surface area contributed by atoms with Crippen molar-refractivity contribution in [2.45, 2.75) is 213 Å². The van der Waals surface area contributed by atoms with E-state index in [2.05, 4.69) is 81.5 Å². The lowest BCUT2D eigenvalue weighted by Gasteiger charge is -2.18. The molecule has 0 heterocycles. The minimum Gasteiger partial charge on any atom is -0.462 e. The number of hydrogen-bond acceptors (Lipinski definition) is 6. The Kier molecular flexibility index (Phi) is 48.1. The van der Waals surface area contributed by atoms with Gasteiger partial charge < -0.3 is 14.2 Å². The maximum atomic E-state index is 12.8. The summed E-state index contributed by atoms with van der Waals surface area (Å²) in [6.45, 7) is 6.35. The van der Waals surface area contributed by atoms with Crippen molar-refractivity contribution in [3.63, 3.8) is 0 Å². The second kappa shape index (κ2) is 51.4. The molecule has 0 fully saturated rings. The van der Waals surface area contributed by atoms with E-state index in [0.29, 0.717) is 19.3 Å². The third-order valence-corrected chi connectivity index (χ3v) is 10.3. The van der Waals surface area contributed by atoms with Crippen LogP contribution >= 0.6 is 0 Å². The summed E-state index contributed by atoms with van der Waals surface area (Å²) in [4.78, 5) is 37.9.